The summed E-state index contributed by atoms with van der Waals surface area (Å²) in [4.78, 5) is 27.4. The molecule has 0 spiro atoms. The first-order valence-electron chi connectivity index (χ1n) is 10.3. The first-order valence-corrected chi connectivity index (χ1v) is 10.3. The summed E-state index contributed by atoms with van der Waals surface area (Å²) in [5, 5.41) is 7.43. The topological polar surface area (TPSA) is 67.2 Å². The van der Waals surface area contributed by atoms with E-state index in [0.717, 1.165) is 23.2 Å². The molecule has 2 aliphatic rings. The molecule has 1 saturated carbocycles. The van der Waals surface area contributed by atoms with Gasteiger partial charge in [0.15, 0.2) is 5.69 Å². The van der Waals surface area contributed by atoms with Gasteiger partial charge in [-0.05, 0) is 24.3 Å². The van der Waals surface area contributed by atoms with Crippen LogP contribution in [0, 0.1) is 5.92 Å². The van der Waals surface area contributed by atoms with E-state index in [2.05, 4.69) is 10.4 Å². The van der Waals surface area contributed by atoms with Gasteiger partial charge in [-0.25, -0.2) is 0 Å². The summed E-state index contributed by atoms with van der Waals surface area (Å²) in [7, 11) is 1.88. The highest BCUT2D eigenvalue weighted by Crippen LogP contribution is 2.29. The summed E-state index contributed by atoms with van der Waals surface area (Å²) in [6.07, 6.45) is 6.23. The molecule has 1 aliphatic carbocycles. The summed E-state index contributed by atoms with van der Waals surface area (Å²) >= 11 is 0. The van der Waals surface area contributed by atoms with Crippen molar-refractivity contribution >= 4 is 11.8 Å². The quantitative estimate of drug-likeness (QED) is 0.867. The second-order valence-corrected chi connectivity index (χ2v) is 7.99. The normalized spacial score (nSPS) is 16.8. The Morgan fingerprint density at radius 2 is 1.93 bits per heavy atom. The average Bonchev–Trinajstić information content (AvgIpc) is 3.34. The van der Waals surface area contributed by atoms with Gasteiger partial charge in [0.1, 0.15) is 0 Å². The number of benzene rings is 1. The Bertz CT molecular complexity index is 853. The Hall–Kier alpha value is -2.63. The third-order valence-corrected chi connectivity index (χ3v) is 6.04. The molecule has 1 fully saturated rings. The van der Waals surface area contributed by atoms with Gasteiger partial charge in [0, 0.05) is 50.8 Å². The van der Waals surface area contributed by atoms with Gasteiger partial charge >= 0.3 is 0 Å². The van der Waals surface area contributed by atoms with Crippen molar-refractivity contribution < 1.29 is 9.59 Å². The van der Waals surface area contributed by atoms with E-state index in [1.165, 1.54) is 25.7 Å². The molecule has 6 heteroatoms. The van der Waals surface area contributed by atoms with Crippen LogP contribution in [0.3, 0.4) is 0 Å². The molecule has 2 amide bonds. The molecular weight excluding hydrogens is 352 g/mol. The Kier molecular flexibility index (Phi) is 5.46. The lowest BCUT2D eigenvalue weighted by atomic mass is 10.0. The smallest absolute Gasteiger partial charge is 0.272 e. The van der Waals surface area contributed by atoms with Crippen LogP contribution in [0.1, 0.15) is 59.4 Å². The van der Waals surface area contributed by atoms with E-state index in [9.17, 15) is 9.59 Å². The number of nitrogens with one attached hydrogen (secondary N) is 1. The van der Waals surface area contributed by atoms with Crippen molar-refractivity contribution in [3.05, 3.63) is 52.8 Å². The van der Waals surface area contributed by atoms with E-state index in [4.69, 9.17) is 0 Å². The van der Waals surface area contributed by atoms with Gasteiger partial charge < -0.3 is 10.2 Å². The number of rotatable bonds is 5. The number of hydrogen-bond acceptors (Lipinski definition) is 3. The third kappa shape index (κ3) is 3.96. The van der Waals surface area contributed by atoms with Crippen LogP contribution >= 0.6 is 0 Å². The van der Waals surface area contributed by atoms with Gasteiger partial charge in [-0.2, -0.15) is 5.10 Å². The van der Waals surface area contributed by atoms with E-state index in [1.807, 2.05) is 42.3 Å². The van der Waals surface area contributed by atoms with Crippen molar-refractivity contribution in [1.29, 1.82) is 0 Å². The highest BCUT2D eigenvalue weighted by Gasteiger charge is 2.30. The first kappa shape index (κ1) is 18.7. The zero-order valence-corrected chi connectivity index (χ0v) is 16.5. The van der Waals surface area contributed by atoms with E-state index in [-0.39, 0.29) is 11.8 Å². The monoisotopic (exact) mass is 380 g/mol. The number of carbonyl (C=O) groups is 2. The molecule has 0 saturated heterocycles. The van der Waals surface area contributed by atoms with Crippen LogP contribution in [0.5, 0.6) is 0 Å². The lowest BCUT2D eigenvalue weighted by Gasteiger charge is -2.28. The minimum absolute atomic E-state index is 0.175. The molecule has 6 nitrogen and oxygen atoms in total. The van der Waals surface area contributed by atoms with Crippen molar-refractivity contribution in [1.82, 2.24) is 20.0 Å². The van der Waals surface area contributed by atoms with Crippen molar-refractivity contribution in [2.75, 3.05) is 6.54 Å². The van der Waals surface area contributed by atoms with Crippen LogP contribution in [-0.2, 0) is 31.4 Å². The molecule has 0 unspecified atom stereocenters. The zero-order valence-electron chi connectivity index (χ0n) is 16.5. The van der Waals surface area contributed by atoms with Gasteiger partial charge in [0.05, 0.1) is 0 Å². The molecular formula is C22H28N4O2. The number of aryl methyl sites for hydroxylation is 1. The Morgan fingerprint density at radius 1 is 1.18 bits per heavy atom. The fraction of sp³-hybridized carbons (Fsp3) is 0.500. The fourth-order valence-electron chi connectivity index (χ4n) is 4.44. The predicted molar refractivity (Wildman–Crippen MR) is 107 cm³/mol. The second-order valence-electron chi connectivity index (χ2n) is 7.99. The molecule has 1 aliphatic heterocycles. The molecule has 1 aromatic carbocycles. The van der Waals surface area contributed by atoms with Crippen LogP contribution in [-0.4, -0.2) is 33.0 Å². The molecule has 4 rings (SSSR count). The summed E-state index contributed by atoms with van der Waals surface area (Å²) in [5.74, 6) is 0.583. The van der Waals surface area contributed by atoms with E-state index < -0.39 is 0 Å². The zero-order chi connectivity index (χ0) is 19.5. The fourth-order valence-corrected chi connectivity index (χ4v) is 4.44. The molecule has 1 aromatic heterocycles. The van der Waals surface area contributed by atoms with Gasteiger partial charge in [-0.1, -0.05) is 43.2 Å². The van der Waals surface area contributed by atoms with Crippen molar-refractivity contribution in [2.24, 2.45) is 13.0 Å². The van der Waals surface area contributed by atoms with E-state index in [0.29, 0.717) is 37.7 Å². The number of amides is 2. The van der Waals surface area contributed by atoms with Crippen molar-refractivity contribution in [3.8, 4) is 0 Å². The maximum atomic E-state index is 12.8. The standard InChI is InChI=1S/C22H28N4O2/c1-25-19-11-12-26(20(27)13-16-7-5-6-8-16)15-18(19)21(24-25)22(28)23-14-17-9-3-2-4-10-17/h2-4,9-10,16H,5-8,11-15H2,1H3,(H,23,28). The van der Waals surface area contributed by atoms with E-state index >= 15 is 0 Å². The number of fused-ring (bicyclic) bond motifs is 1. The molecule has 0 bridgehead atoms. The summed E-state index contributed by atoms with van der Waals surface area (Å²) in [5.41, 5.74) is 3.47. The lowest BCUT2D eigenvalue weighted by molar-refractivity contribution is -0.133. The molecule has 0 atom stereocenters. The minimum Gasteiger partial charge on any atom is -0.347 e. The summed E-state index contributed by atoms with van der Waals surface area (Å²) in [6.45, 7) is 1.67. The highest BCUT2D eigenvalue weighted by atomic mass is 16.2. The average molecular weight is 380 g/mol. The lowest BCUT2D eigenvalue weighted by Crippen LogP contribution is -2.37. The Labute approximate surface area is 165 Å². The first-order chi connectivity index (χ1) is 13.6. The van der Waals surface area contributed by atoms with Crippen LogP contribution < -0.4 is 5.32 Å². The number of aromatic nitrogens is 2. The van der Waals surface area contributed by atoms with Crippen LogP contribution in [0.4, 0.5) is 0 Å². The Morgan fingerprint density at radius 3 is 2.68 bits per heavy atom. The molecule has 2 aromatic rings. The number of carbonyl (C=O) groups excluding carboxylic acids is 2. The van der Waals surface area contributed by atoms with Crippen molar-refractivity contribution in [3.63, 3.8) is 0 Å². The maximum absolute atomic E-state index is 12.8. The van der Waals surface area contributed by atoms with Gasteiger partial charge in [0.2, 0.25) is 5.91 Å². The van der Waals surface area contributed by atoms with Crippen molar-refractivity contribution in [2.45, 2.75) is 51.6 Å². The number of nitrogens with zero attached hydrogens (tertiary/aromatic N) is 3. The molecule has 2 heterocycles. The number of hydrogen-bond donors (Lipinski definition) is 1. The summed E-state index contributed by atoms with van der Waals surface area (Å²) < 4.78 is 1.80. The van der Waals surface area contributed by atoms with Gasteiger partial charge in [0.25, 0.3) is 5.91 Å². The minimum atomic E-state index is -0.175. The molecule has 0 radical (unpaired) electrons. The summed E-state index contributed by atoms with van der Waals surface area (Å²) in [6, 6.07) is 9.84. The van der Waals surface area contributed by atoms with Crippen LogP contribution in [0.15, 0.2) is 30.3 Å². The van der Waals surface area contributed by atoms with Gasteiger partial charge in [-0.3, -0.25) is 14.3 Å². The molecule has 28 heavy (non-hydrogen) atoms. The van der Waals surface area contributed by atoms with Crippen LogP contribution in [0.25, 0.3) is 0 Å². The predicted octanol–water partition coefficient (Wildman–Crippen LogP) is 2.82. The molecule has 148 valence electrons. The largest absolute Gasteiger partial charge is 0.347 e. The van der Waals surface area contributed by atoms with Gasteiger partial charge in [-0.15, -0.1) is 0 Å². The maximum Gasteiger partial charge on any atom is 0.272 e. The molecule has 1 N–H and O–H groups in total. The second kappa shape index (κ2) is 8.17. The SMILES string of the molecule is Cn1nc(C(=O)NCc2ccccc2)c2c1CCN(C(=O)CC1CCCC1)C2. The van der Waals surface area contributed by atoms with E-state index in [1.54, 1.807) is 4.68 Å². The highest BCUT2D eigenvalue weighted by molar-refractivity contribution is 5.94. The Balaban J connectivity index is 1.44. The van der Waals surface area contributed by atoms with Crippen LogP contribution in [0.2, 0.25) is 0 Å². The third-order valence-electron chi connectivity index (χ3n) is 6.04.